The first kappa shape index (κ1) is 16.9. The fourth-order valence-electron chi connectivity index (χ4n) is 2.76. The Morgan fingerprint density at radius 2 is 1.96 bits per heavy atom. The number of aromatic nitrogens is 2. The number of hydrogen-bond acceptors (Lipinski definition) is 5. The topological polar surface area (TPSA) is 77.3 Å². The number of carbonyl (C=O) groups excluding carboxylic acids is 1. The second-order valence-corrected chi connectivity index (χ2v) is 6.22. The van der Waals surface area contributed by atoms with Gasteiger partial charge in [-0.05, 0) is 37.3 Å². The monoisotopic (exact) mass is 362 g/mol. The van der Waals surface area contributed by atoms with Gasteiger partial charge in [0.2, 0.25) is 5.89 Å². The van der Waals surface area contributed by atoms with Gasteiger partial charge in [-0.25, -0.2) is 9.78 Å². The first-order valence-corrected chi connectivity index (χ1v) is 8.48. The van der Waals surface area contributed by atoms with Crippen molar-refractivity contribution in [2.24, 2.45) is 0 Å². The minimum absolute atomic E-state index is 0.0346. The van der Waals surface area contributed by atoms with E-state index in [1.807, 2.05) is 49.4 Å². The van der Waals surface area contributed by atoms with Crippen LogP contribution >= 0.6 is 0 Å². The van der Waals surface area contributed by atoms with Gasteiger partial charge in [-0.2, -0.15) is 0 Å². The summed E-state index contributed by atoms with van der Waals surface area (Å²) in [5.41, 5.74) is 3.78. The number of H-pyrrole nitrogens is 1. The van der Waals surface area contributed by atoms with Crippen molar-refractivity contribution in [3.63, 3.8) is 0 Å². The molecule has 136 valence electrons. The Balaban J connectivity index is 1.44. The van der Waals surface area contributed by atoms with E-state index >= 15 is 0 Å². The van der Waals surface area contributed by atoms with Crippen molar-refractivity contribution in [2.75, 3.05) is 7.11 Å². The lowest BCUT2D eigenvalue weighted by Gasteiger charge is -2.00. The summed E-state index contributed by atoms with van der Waals surface area (Å²) in [6.45, 7) is 2.05. The number of hydrogen-bond donors (Lipinski definition) is 1. The molecule has 0 aliphatic carbocycles. The largest absolute Gasteiger partial charge is 0.497 e. The molecule has 0 saturated carbocycles. The van der Waals surface area contributed by atoms with Crippen molar-refractivity contribution in [1.82, 2.24) is 9.97 Å². The van der Waals surface area contributed by atoms with Gasteiger partial charge in [0.25, 0.3) is 0 Å². The molecule has 4 aromatic rings. The summed E-state index contributed by atoms with van der Waals surface area (Å²) in [6, 6.07) is 15.2. The number of aryl methyl sites for hydroxylation is 1. The lowest BCUT2D eigenvalue weighted by Crippen LogP contribution is -2.05. The van der Waals surface area contributed by atoms with Crippen LogP contribution in [0.3, 0.4) is 0 Å². The normalized spacial score (nSPS) is 10.9. The number of nitrogens with one attached hydrogen (secondary N) is 1. The predicted octanol–water partition coefficient (Wildman–Crippen LogP) is 4.50. The number of fused-ring (bicyclic) bond motifs is 1. The highest BCUT2D eigenvalue weighted by atomic mass is 16.5. The van der Waals surface area contributed by atoms with Crippen molar-refractivity contribution in [1.29, 1.82) is 0 Å². The number of oxazole rings is 1. The molecule has 6 nitrogen and oxygen atoms in total. The highest BCUT2D eigenvalue weighted by molar-refractivity contribution is 5.95. The highest BCUT2D eigenvalue weighted by Gasteiger charge is 2.13. The number of methoxy groups -OCH3 is 1. The summed E-state index contributed by atoms with van der Waals surface area (Å²) >= 11 is 0. The third-order valence-electron chi connectivity index (χ3n) is 4.25. The van der Waals surface area contributed by atoms with Crippen molar-refractivity contribution in [3.05, 3.63) is 71.7 Å². The zero-order valence-corrected chi connectivity index (χ0v) is 15.0. The maximum absolute atomic E-state index is 12.3. The molecular formula is C21H18N2O4. The number of nitrogens with zero attached hydrogens (tertiary/aromatic N) is 1. The second-order valence-electron chi connectivity index (χ2n) is 6.22. The van der Waals surface area contributed by atoms with Crippen LogP contribution in [-0.2, 0) is 11.3 Å². The molecule has 0 radical (unpaired) electrons. The van der Waals surface area contributed by atoms with E-state index in [0.29, 0.717) is 17.3 Å². The molecule has 0 aliphatic rings. The van der Waals surface area contributed by atoms with Gasteiger partial charge in [-0.1, -0.05) is 17.7 Å². The van der Waals surface area contributed by atoms with Crippen molar-refractivity contribution in [2.45, 2.75) is 13.5 Å². The molecule has 27 heavy (non-hydrogen) atoms. The van der Waals surface area contributed by atoms with E-state index in [1.54, 1.807) is 13.2 Å². The Labute approximate surface area is 155 Å². The lowest BCUT2D eigenvalue weighted by atomic mass is 10.1. The molecule has 2 heterocycles. The molecule has 0 bridgehead atoms. The molecule has 0 saturated heterocycles. The molecule has 4 rings (SSSR count). The first-order valence-electron chi connectivity index (χ1n) is 8.48. The molecule has 0 spiro atoms. The third kappa shape index (κ3) is 3.55. The predicted molar refractivity (Wildman–Crippen MR) is 101 cm³/mol. The van der Waals surface area contributed by atoms with Gasteiger partial charge in [0, 0.05) is 22.5 Å². The number of rotatable bonds is 5. The maximum Gasteiger partial charge on any atom is 0.355 e. The van der Waals surface area contributed by atoms with Crippen LogP contribution < -0.4 is 4.74 Å². The molecule has 2 aromatic carbocycles. The summed E-state index contributed by atoms with van der Waals surface area (Å²) in [7, 11) is 1.60. The average Bonchev–Trinajstić information content (AvgIpc) is 3.33. The van der Waals surface area contributed by atoms with Gasteiger partial charge < -0.3 is 18.9 Å². The Morgan fingerprint density at radius 1 is 1.15 bits per heavy atom. The fraction of sp³-hybridized carbons (Fsp3) is 0.143. The number of carbonyl (C=O) groups is 1. The minimum Gasteiger partial charge on any atom is -0.497 e. The van der Waals surface area contributed by atoms with Crippen LogP contribution in [0.15, 0.2) is 59.2 Å². The van der Waals surface area contributed by atoms with Gasteiger partial charge in [-0.15, -0.1) is 0 Å². The number of benzene rings is 2. The van der Waals surface area contributed by atoms with Crippen molar-refractivity contribution in [3.8, 4) is 17.2 Å². The van der Waals surface area contributed by atoms with Crippen molar-refractivity contribution >= 4 is 16.9 Å². The van der Waals surface area contributed by atoms with Crippen LogP contribution in [0.4, 0.5) is 0 Å². The summed E-state index contributed by atoms with van der Waals surface area (Å²) in [5.74, 6) is 0.763. The zero-order chi connectivity index (χ0) is 18.8. The summed E-state index contributed by atoms with van der Waals surface area (Å²) in [4.78, 5) is 19.7. The molecule has 0 amide bonds. The Bertz CT molecular complexity index is 1090. The number of esters is 1. The Morgan fingerprint density at radius 3 is 2.74 bits per heavy atom. The SMILES string of the molecule is COc1ccc2cc(C(=O)OCc3coc(-c4ccc(C)cc4)n3)[nH]c2c1. The fourth-order valence-corrected chi connectivity index (χ4v) is 2.76. The lowest BCUT2D eigenvalue weighted by molar-refractivity contribution is 0.0462. The van der Waals surface area contributed by atoms with Crippen LogP contribution in [0.5, 0.6) is 5.75 Å². The van der Waals surface area contributed by atoms with E-state index in [4.69, 9.17) is 13.9 Å². The van der Waals surface area contributed by atoms with E-state index in [2.05, 4.69) is 9.97 Å². The van der Waals surface area contributed by atoms with E-state index < -0.39 is 5.97 Å². The van der Waals surface area contributed by atoms with E-state index in [9.17, 15) is 4.79 Å². The summed E-state index contributed by atoms with van der Waals surface area (Å²) in [5, 5.41) is 0.908. The van der Waals surface area contributed by atoms with E-state index in [-0.39, 0.29) is 6.61 Å². The van der Waals surface area contributed by atoms with Gasteiger partial charge in [-0.3, -0.25) is 0 Å². The Hall–Kier alpha value is -3.54. The van der Waals surface area contributed by atoms with Gasteiger partial charge >= 0.3 is 5.97 Å². The maximum atomic E-state index is 12.3. The van der Waals surface area contributed by atoms with Gasteiger partial charge in [0.05, 0.1) is 7.11 Å². The number of aromatic amines is 1. The molecule has 6 heteroatoms. The molecular weight excluding hydrogens is 344 g/mol. The molecule has 0 fully saturated rings. The van der Waals surface area contributed by atoms with Crippen LogP contribution in [0.2, 0.25) is 0 Å². The third-order valence-corrected chi connectivity index (χ3v) is 4.25. The summed E-state index contributed by atoms with van der Waals surface area (Å²) in [6.07, 6.45) is 1.50. The van der Waals surface area contributed by atoms with E-state index in [0.717, 1.165) is 27.8 Å². The summed E-state index contributed by atoms with van der Waals surface area (Å²) < 4.78 is 16.0. The first-order chi connectivity index (χ1) is 13.1. The van der Waals surface area contributed by atoms with Crippen LogP contribution in [0.1, 0.15) is 21.7 Å². The Kier molecular flexibility index (Phi) is 4.38. The van der Waals surface area contributed by atoms with Crippen LogP contribution in [0.25, 0.3) is 22.4 Å². The smallest absolute Gasteiger partial charge is 0.355 e. The van der Waals surface area contributed by atoms with E-state index in [1.165, 1.54) is 6.26 Å². The molecule has 0 aliphatic heterocycles. The van der Waals surface area contributed by atoms with Crippen molar-refractivity contribution < 1.29 is 18.7 Å². The van der Waals surface area contributed by atoms with Crippen LogP contribution in [-0.4, -0.2) is 23.0 Å². The number of ether oxygens (including phenoxy) is 2. The minimum atomic E-state index is -0.454. The molecule has 2 aromatic heterocycles. The quantitative estimate of drug-likeness (QED) is 0.529. The standard InChI is InChI=1S/C21H18N2O4/c1-13-3-5-14(6-4-13)20-22-16(11-26-20)12-27-21(24)19-9-15-7-8-17(25-2)10-18(15)23-19/h3-11,23H,12H2,1-2H3. The zero-order valence-electron chi connectivity index (χ0n) is 15.0. The van der Waals surface area contributed by atoms with Crippen LogP contribution in [0, 0.1) is 6.92 Å². The highest BCUT2D eigenvalue weighted by Crippen LogP contribution is 2.22. The van der Waals surface area contributed by atoms with Gasteiger partial charge in [0.15, 0.2) is 0 Å². The molecule has 0 atom stereocenters. The molecule has 1 N–H and O–H groups in total. The second kappa shape index (κ2) is 6.99. The average molecular weight is 362 g/mol. The van der Waals surface area contributed by atoms with Gasteiger partial charge in [0.1, 0.15) is 30.0 Å². The molecule has 0 unspecified atom stereocenters.